The summed E-state index contributed by atoms with van der Waals surface area (Å²) in [6.07, 6.45) is 1.60. The van der Waals surface area contributed by atoms with Crippen LogP contribution in [-0.4, -0.2) is 43.4 Å². The molecule has 0 aromatic carbocycles. The second-order valence-corrected chi connectivity index (χ2v) is 3.70. The van der Waals surface area contributed by atoms with Gasteiger partial charge in [0.25, 0.3) is 0 Å². The van der Waals surface area contributed by atoms with E-state index in [1.165, 1.54) is 7.11 Å². The number of carbonyl (C=O) groups excluding carboxylic acids is 1. The first-order valence-corrected chi connectivity index (χ1v) is 5.02. The SMILES string of the molecule is COC(=O)c1cc2cc(/C=N/N(C)C)oc2[nH]1. The first-order chi connectivity index (χ1) is 8.10. The number of aromatic amines is 1. The first kappa shape index (κ1) is 11.3. The van der Waals surface area contributed by atoms with Crippen LogP contribution < -0.4 is 0 Å². The zero-order valence-electron chi connectivity index (χ0n) is 9.85. The normalized spacial score (nSPS) is 11.2. The monoisotopic (exact) mass is 235 g/mol. The Morgan fingerprint density at radius 1 is 1.53 bits per heavy atom. The molecule has 0 unspecified atom stereocenters. The number of rotatable bonds is 3. The molecule has 0 amide bonds. The maximum absolute atomic E-state index is 11.3. The summed E-state index contributed by atoms with van der Waals surface area (Å²) in [5, 5.41) is 6.53. The van der Waals surface area contributed by atoms with E-state index in [-0.39, 0.29) is 0 Å². The van der Waals surface area contributed by atoms with E-state index in [4.69, 9.17) is 4.42 Å². The Balaban J connectivity index is 2.28. The van der Waals surface area contributed by atoms with Gasteiger partial charge in [0.15, 0.2) is 0 Å². The van der Waals surface area contributed by atoms with Gasteiger partial charge in [-0.1, -0.05) is 0 Å². The fraction of sp³-hybridized carbons (Fsp3) is 0.273. The van der Waals surface area contributed by atoms with Crippen molar-refractivity contribution in [2.24, 2.45) is 5.10 Å². The van der Waals surface area contributed by atoms with Crippen LogP contribution in [0.25, 0.3) is 11.1 Å². The third kappa shape index (κ3) is 2.30. The third-order valence-corrected chi connectivity index (χ3v) is 2.15. The largest absolute Gasteiger partial charge is 0.464 e. The van der Waals surface area contributed by atoms with Gasteiger partial charge in [-0.15, -0.1) is 0 Å². The average molecular weight is 235 g/mol. The maximum Gasteiger partial charge on any atom is 0.354 e. The molecule has 2 aromatic heterocycles. The molecular weight excluding hydrogens is 222 g/mol. The molecule has 6 nitrogen and oxygen atoms in total. The molecule has 0 saturated heterocycles. The molecule has 90 valence electrons. The van der Waals surface area contributed by atoms with E-state index in [9.17, 15) is 4.79 Å². The van der Waals surface area contributed by atoms with E-state index in [0.717, 1.165) is 5.39 Å². The summed E-state index contributed by atoms with van der Waals surface area (Å²) in [6, 6.07) is 3.48. The zero-order valence-corrected chi connectivity index (χ0v) is 9.85. The van der Waals surface area contributed by atoms with Crippen molar-refractivity contribution in [1.29, 1.82) is 0 Å². The third-order valence-electron chi connectivity index (χ3n) is 2.15. The topological polar surface area (TPSA) is 70.8 Å². The van der Waals surface area contributed by atoms with E-state index >= 15 is 0 Å². The number of fused-ring (bicyclic) bond motifs is 1. The van der Waals surface area contributed by atoms with Gasteiger partial charge in [-0.3, -0.25) is 0 Å². The highest BCUT2D eigenvalue weighted by Crippen LogP contribution is 2.19. The molecule has 2 rings (SSSR count). The van der Waals surface area contributed by atoms with Gasteiger partial charge in [0.2, 0.25) is 5.71 Å². The average Bonchev–Trinajstić information content (AvgIpc) is 2.82. The van der Waals surface area contributed by atoms with Crippen molar-refractivity contribution in [1.82, 2.24) is 9.99 Å². The van der Waals surface area contributed by atoms with E-state index in [2.05, 4.69) is 14.8 Å². The van der Waals surface area contributed by atoms with Crippen molar-refractivity contribution in [3.8, 4) is 0 Å². The van der Waals surface area contributed by atoms with E-state index < -0.39 is 5.97 Å². The van der Waals surface area contributed by atoms with Crippen molar-refractivity contribution in [3.63, 3.8) is 0 Å². The quantitative estimate of drug-likeness (QED) is 0.496. The highest BCUT2D eigenvalue weighted by atomic mass is 16.5. The smallest absolute Gasteiger partial charge is 0.354 e. The minimum absolute atomic E-state index is 0.373. The van der Waals surface area contributed by atoms with Crippen LogP contribution in [0.2, 0.25) is 0 Å². The van der Waals surface area contributed by atoms with Gasteiger partial charge in [-0.25, -0.2) is 4.79 Å². The van der Waals surface area contributed by atoms with Gasteiger partial charge in [0, 0.05) is 19.5 Å². The lowest BCUT2D eigenvalue weighted by atomic mass is 10.3. The molecule has 0 aliphatic heterocycles. The highest BCUT2D eigenvalue weighted by Gasteiger charge is 2.12. The van der Waals surface area contributed by atoms with Gasteiger partial charge in [-0.05, 0) is 12.1 Å². The molecule has 1 N–H and O–H groups in total. The van der Waals surface area contributed by atoms with Gasteiger partial charge >= 0.3 is 5.97 Å². The molecule has 0 aliphatic rings. The number of H-pyrrole nitrogens is 1. The standard InChI is InChI=1S/C11H13N3O3/c1-14(2)12-6-8-4-7-5-9(11(15)16-3)13-10(7)17-8/h4-6,13H,1-3H3/b12-6+. The second kappa shape index (κ2) is 4.32. The molecule has 0 spiro atoms. The van der Waals surface area contributed by atoms with Crippen LogP contribution in [-0.2, 0) is 4.74 Å². The molecule has 0 fully saturated rings. The molecular formula is C11H13N3O3. The van der Waals surface area contributed by atoms with Crippen LogP contribution >= 0.6 is 0 Å². The number of esters is 1. The first-order valence-electron chi connectivity index (χ1n) is 5.02. The molecule has 0 radical (unpaired) electrons. The molecule has 0 bridgehead atoms. The summed E-state index contributed by atoms with van der Waals surface area (Å²) in [6.45, 7) is 0. The Labute approximate surface area is 97.8 Å². The van der Waals surface area contributed by atoms with Crippen molar-refractivity contribution < 1.29 is 13.9 Å². The summed E-state index contributed by atoms with van der Waals surface area (Å²) < 4.78 is 10.1. The molecule has 2 heterocycles. The summed E-state index contributed by atoms with van der Waals surface area (Å²) in [4.78, 5) is 14.1. The van der Waals surface area contributed by atoms with Gasteiger partial charge in [-0.2, -0.15) is 5.10 Å². The Hall–Kier alpha value is -2.24. The van der Waals surface area contributed by atoms with Crippen LogP contribution in [0.15, 0.2) is 21.7 Å². The molecule has 6 heteroatoms. The number of ether oxygens (including phenoxy) is 1. The number of nitrogens with one attached hydrogen (secondary N) is 1. The van der Waals surface area contributed by atoms with Gasteiger partial charge in [0.05, 0.1) is 13.3 Å². The lowest BCUT2D eigenvalue weighted by molar-refractivity contribution is 0.0595. The Kier molecular flexibility index (Phi) is 2.86. The van der Waals surface area contributed by atoms with Crippen molar-refractivity contribution >= 4 is 23.3 Å². The summed E-state index contributed by atoms with van der Waals surface area (Å²) in [5.41, 5.74) is 0.906. The van der Waals surface area contributed by atoms with E-state index in [1.54, 1.807) is 23.4 Å². The fourth-order valence-electron chi connectivity index (χ4n) is 1.40. The highest BCUT2D eigenvalue weighted by molar-refractivity contribution is 5.95. The molecule has 0 atom stereocenters. The Morgan fingerprint density at radius 3 is 2.88 bits per heavy atom. The fourth-order valence-corrected chi connectivity index (χ4v) is 1.40. The number of carbonyl (C=O) groups is 1. The van der Waals surface area contributed by atoms with Gasteiger partial charge in [0.1, 0.15) is 11.5 Å². The number of hydrogen-bond acceptors (Lipinski definition) is 5. The van der Waals surface area contributed by atoms with Crippen molar-refractivity contribution in [2.45, 2.75) is 0 Å². The zero-order chi connectivity index (χ0) is 12.4. The number of methoxy groups -OCH3 is 1. The van der Waals surface area contributed by atoms with Crippen molar-refractivity contribution in [3.05, 3.63) is 23.6 Å². The maximum atomic E-state index is 11.3. The Bertz CT molecular complexity index is 534. The minimum atomic E-state index is -0.417. The lowest BCUT2D eigenvalue weighted by Crippen LogP contribution is -2.01. The molecule has 0 saturated carbocycles. The number of nitrogens with zero attached hydrogens (tertiary/aromatic N) is 2. The van der Waals surface area contributed by atoms with Crippen LogP contribution in [0.3, 0.4) is 0 Å². The summed E-state index contributed by atoms with van der Waals surface area (Å²) in [5.74, 6) is 0.205. The van der Waals surface area contributed by atoms with E-state index in [1.807, 2.05) is 14.1 Å². The van der Waals surface area contributed by atoms with Gasteiger partial charge < -0.3 is 19.1 Å². The number of furan rings is 1. The van der Waals surface area contributed by atoms with Crippen LogP contribution in [0.5, 0.6) is 0 Å². The van der Waals surface area contributed by atoms with Crippen LogP contribution in [0.4, 0.5) is 0 Å². The Morgan fingerprint density at radius 2 is 2.29 bits per heavy atom. The van der Waals surface area contributed by atoms with Crippen molar-refractivity contribution in [2.75, 3.05) is 21.2 Å². The number of hydrogen-bond donors (Lipinski definition) is 1. The predicted octanol–water partition coefficient (Wildman–Crippen LogP) is 1.44. The minimum Gasteiger partial charge on any atom is -0.464 e. The lowest BCUT2D eigenvalue weighted by Gasteiger charge is -2.00. The summed E-state index contributed by atoms with van der Waals surface area (Å²) >= 11 is 0. The molecule has 17 heavy (non-hydrogen) atoms. The van der Waals surface area contributed by atoms with E-state index in [0.29, 0.717) is 17.2 Å². The second-order valence-electron chi connectivity index (χ2n) is 3.70. The predicted molar refractivity (Wildman–Crippen MR) is 63.2 cm³/mol. The number of aromatic nitrogens is 1. The van der Waals surface area contributed by atoms with Crippen LogP contribution in [0.1, 0.15) is 16.2 Å². The molecule has 2 aromatic rings. The number of hydrazone groups is 1. The summed E-state index contributed by atoms with van der Waals surface area (Å²) in [7, 11) is 4.97. The van der Waals surface area contributed by atoms with Crippen LogP contribution in [0, 0.1) is 0 Å². The molecule has 0 aliphatic carbocycles.